The molecule has 0 saturated heterocycles. The van der Waals surface area contributed by atoms with Crippen LogP contribution in [0.5, 0.6) is 0 Å². The van der Waals surface area contributed by atoms with E-state index in [1.54, 1.807) is 6.33 Å². The summed E-state index contributed by atoms with van der Waals surface area (Å²) in [5.41, 5.74) is 5.27. The predicted octanol–water partition coefficient (Wildman–Crippen LogP) is 1.94. The van der Waals surface area contributed by atoms with Crippen LogP contribution in [0.25, 0.3) is 11.0 Å². The molecule has 0 fully saturated rings. The van der Waals surface area contributed by atoms with Gasteiger partial charge in [0.1, 0.15) is 6.54 Å². The smallest absolute Gasteiger partial charge is 0.260 e. The normalized spacial score (nSPS) is 11.8. The summed E-state index contributed by atoms with van der Waals surface area (Å²) in [6, 6.07) is 7.71. The molecule has 0 saturated carbocycles. The van der Waals surface area contributed by atoms with Crippen LogP contribution in [0.3, 0.4) is 0 Å². The lowest BCUT2D eigenvalue weighted by Gasteiger charge is -2.03. The minimum atomic E-state index is -0.147. The summed E-state index contributed by atoms with van der Waals surface area (Å²) < 4.78 is 1.81. The summed E-state index contributed by atoms with van der Waals surface area (Å²) in [7, 11) is 0. The summed E-state index contributed by atoms with van der Waals surface area (Å²) in [4.78, 5) is 15.9. The first-order valence-corrected chi connectivity index (χ1v) is 5.92. The fraction of sp³-hybridized carbons (Fsp3) is 0.308. The molecule has 1 aromatic heterocycles. The third-order valence-corrected chi connectivity index (χ3v) is 2.72. The third-order valence-electron chi connectivity index (χ3n) is 2.72. The van der Waals surface area contributed by atoms with Gasteiger partial charge in [-0.3, -0.25) is 4.79 Å². The number of imidazole rings is 1. The summed E-state index contributed by atoms with van der Waals surface area (Å²) in [6.45, 7) is 4.10. The van der Waals surface area contributed by atoms with E-state index in [0.29, 0.717) is 0 Å². The second-order valence-corrected chi connectivity index (χ2v) is 4.10. The lowest BCUT2D eigenvalue weighted by atomic mass is 10.3. The minimum Gasteiger partial charge on any atom is -0.321 e. The molecular weight excluding hydrogens is 228 g/mol. The van der Waals surface area contributed by atoms with Crippen molar-refractivity contribution in [3.05, 3.63) is 30.6 Å². The zero-order chi connectivity index (χ0) is 13.0. The van der Waals surface area contributed by atoms with Crippen molar-refractivity contribution in [2.45, 2.75) is 26.8 Å². The maximum atomic E-state index is 11.7. The molecule has 1 amide bonds. The number of rotatable bonds is 4. The quantitative estimate of drug-likeness (QED) is 0.660. The Kier molecular flexibility index (Phi) is 3.72. The Morgan fingerprint density at radius 2 is 2.22 bits per heavy atom. The van der Waals surface area contributed by atoms with Gasteiger partial charge in [0.15, 0.2) is 0 Å². The van der Waals surface area contributed by atoms with Gasteiger partial charge < -0.3 is 4.57 Å². The predicted molar refractivity (Wildman–Crippen MR) is 71.3 cm³/mol. The van der Waals surface area contributed by atoms with Gasteiger partial charge in [0.2, 0.25) is 0 Å². The van der Waals surface area contributed by atoms with Crippen molar-refractivity contribution in [2.75, 3.05) is 0 Å². The Morgan fingerprint density at radius 1 is 1.44 bits per heavy atom. The first-order chi connectivity index (χ1) is 8.70. The third kappa shape index (κ3) is 2.74. The molecule has 18 heavy (non-hydrogen) atoms. The van der Waals surface area contributed by atoms with Crippen LogP contribution in [-0.2, 0) is 11.3 Å². The summed E-state index contributed by atoms with van der Waals surface area (Å²) in [5, 5.41) is 3.99. The molecule has 1 N–H and O–H groups in total. The number of para-hydroxylation sites is 2. The van der Waals surface area contributed by atoms with Gasteiger partial charge in [0, 0.05) is 5.71 Å². The second-order valence-electron chi connectivity index (χ2n) is 4.10. The van der Waals surface area contributed by atoms with Crippen molar-refractivity contribution in [2.24, 2.45) is 5.10 Å². The van der Waals surface area contributed by atoms with Crippen molar-refractivity contribution in [3.63, 3.8) is 0 Å². The van der Waals surface area contributed by atoms with Gasteiger partial charge in [-0.15, -0.1) is 0 Å². The minimum absolute atomic E-state index is 0.147. The Labute approximate surface area is 106 Å². The molecule has 0 aliphatic carbocycles. The highest BCUT2D eigenvalue weighted by Gasteiger charge is 2.05. The molecule has 0 unspecified atom stereocenters. The second kappa shape index (κ2) is 5.44. The zero-order valence-electron chi connectivity index (χ0n) is 10.6. The average Bonchev–Trinajstić information content (AvgIpc) is 2.79. The SMILES string of the molecule is CCC(C)=NNC(=O)Cn1cnc2ccccc21. The van der Waals surface area contributed by atoms with Crippen molar-refractivity contribution in [1.29, 1.82) is 0 Å². The van der Waals surface area contributed by atoms with Gasteiger partial charge in [-0.25, -0.2) is 10.4 Å². The first-order valence-electron chi connectivity index (χ1n) is 5.92. The number of carbonyl (C=O) groups is 1. The maximum Gasteiger partial charge on any atom is 0.260 e. The molecule has 1 aromatic carbocycles. The lowest BCUT2D eigenvalue weighted by Crippen LogP contribution is -2.23. The van der Waals surface area contributed by atoms with Gasteiger partial charge in [-0.1, -0.05) is 19.1 Å². The molecule has 5 heteroatoms. The molecule has 5 nitrogen and oxygen atoms in total. The molecule has 0 spiro atoms. The van der Waals surface area contributed by atoms with E-state index in [1.165, 1.54) is 0 Å². The molecule has 1 heterocycles. The number of aromatic nitrogens is 2. The van der Waals surface area contributed by atoms with Crippen LogP contribution in [0.1, 0.15) is 20.3 Å². The Balaban J connectivity index is 2.07. The molecule has 2 rings (SSSR count). The molecule has 0 aliphatic heterocycles. The Bertz CT molecular complexity index is 585. The van der Waals surface area contributed by atoms with Crippen molar-refractivity contribution < 1.29 is 4.79 Å². The van der Waals surface area contributed by atoms with E-state index in [9.17, 15) is 4.79 Å². The van der Waals surface area contributed by atoms with Crippen LogP contribution in [0, 0.1) is 0 Å². The number of carbonyl (C=O) groups excluding carboxylic acids is 1. The van der Waals surface area contributed by atoms with Crippen molar-refractivity contribution in [3.8, 4) is 0 Å². The molecule has 94 valence electrons. The fourth-order valence-electron chi connectivity index (χ4n) is 1.56. The molecule has 0 radical (unpaired) electrons. The number of nitrogens with zero attached hydrogens (tertiary/aromatic N) is 3. The highest BCUT2D eigenvalue weighted by atomic mass is 16.2. The lowest BCUT2D eigenvalue weighted by molar-refractivity contribution is -0.121. The number of hydrogen-bond donors (Lipinski definition) is 1. The summed E-state index contributed by atoms with van der Waals surface area (Å²) in [6.07, 6.45) is 2.49. The van der Waals surface area contributed by atoms with Crippen molar-refractivity contribution in [1.82, 2.24) is 15.0 Å². The number of hydrazone groups is 1. The highest BCUT2D eigenvalue weighted by Crippen LogP contribution is 2.11. The molecule has 2 aromatic rings. The number of hydrogen-bond acceptors (Lipinski definition) is 3. The van der Waals surface area contributed by atoms with Gasteiger partial charge in [-0.05, 0) is 25.5 Å². The van der Waals surface area contributed by atoms with Crippen LogP contribution in [0.4, 0.5) is 0 Å². The zero-order valence-corrected chi connectivity index (χ0v) is 10.6. The van der Waals surface area contributed by atoms with Gasteiger partial charge in [0.05, 0.1) is 17.4 Å². The molecule has 0 aliphatic rings. The van der Waals surface area contributed by atoms with Crippen LogP contribution < -0.4 is 5.43 Å². The molecule has 0 atom stereocenters. The van der Waals surface area contributed by atoms with E-state index < -0.39 is 0 Å². The van der Waals surface area contributed by atoms with E-state index in [2.05, 4.69) is 15.5 Å². The number of benzene rings is 1. The van der Waals surface area contributed by atoms with E-state index in [4.69, 9.17) is 0 Å². The molecular formula is C13H16N4O. The van der Waals surface area contributed by atoms with Crippen molar-refractivity contribution >= 4 is 22.7 Å². The fourth-order valence-corrected chi connectivity index (χ4v) is 1.56. The number of fused-ring (bicyclic) bond motifs is 1. The number of amides is 1. The van der Waals surface area contributed by atoms with E-state index in [0.717, 1.165) is 23.2 Å². The molecule has 0 bridgehead atoms. The van der Waals surface area contributed by atoms with Gasteiger partial charge >= 0.3 is 0 Å². The van der Waals surface area contributed by atoms with Gasteiger partial charge in [-0.2, -0.15) is 5.10 Å². The Hall–Kier alpha value is -2.17. The van der Waals surface area contributed by atoms with E-state index >= 15 is 0 Å². The van der Waals surface area contributed by atoms with E-state index in [1.807, 2.05) is 42.7 Å². The van der Waals surface area contributed by atoms with Crippen LogP contribution in [0.15, 0.2) is 35.7 Å². The average molecular weight is 244 g/mol. The Morgan fingerprint density at radius 3 is 3.00 bits per heavy atom. The van der Waals surface area contributed by atoms with E-state index in [-0.39, 0.29) is 12.5 Å². The summed E-state index contributed by atoms with van der Waals surface area (Å²) in [5.74, 6) is -0.147. The van der Waals surface area contributed by atoms with Crippen LogP contribution in [0.2, 0.25) is 0 Å². The summed E-state index contributed by atoms with van der Waals surface area (Å²) >= 11 is 0. The highest BCUT2D eigenvalue weighted by molar-refractivity contribution is 5.84. The largest absolute Gasteiger partial charge is 0.321 e. The first kappa shape index (κ1) is 12.3. The number of nitrogens with one attached hydrogen (secondary N) is 1. The topological polar surface area (TPSA) is 59.3 Å². The van der Waals surface area contributed by atoms with Crippen LogP contribution >= 0.6 is 0 Å². The van der Waals surface area contributed by atoms with Gasteiger partial charge in [0.25, 0.3) is 5.91 Å². The maximum absolute atomic E-state index is 11.7. The monoisotopic (exact) mass is 244 g/mol. The standard InChI is InChI=1S/C13H16N4O/c1-3-10(2)15-16-13(18)8-17-9-14-11-6-4-5-7-12(11)17/h4-7,9H,3,8H2,1-2H3,(H,16,18). The van der Waals surface area contributed by atoms with Crippen LogP contribution in [-0.4, -0.2) is 21.2 Å².